The van der Waals surface area contributed by atoms with E-state index >= 15 is 0 Å². The first-order valence-corrected chi connectivity index (χ1v) is 6.61. The third-order valence-electron chi connectivity index (χ3n) is 4.44. The van der Waals surface area contributed by atoms with E-state index in [1.807, 2.05) is 0 Å². The molecule has 4 bridgehead atoms. The lowest BCUT2D eigenvalue weighted by molar-refractivity contribution is 0.107. The maximum atomic E-state index is 5.02. The minimum Gasteiger partial charge on any atom is -0.288 e. The van der Waals surface area contributed by atoms with Crippen LogP contribution >= 0.6 is 0 Å². The van der Waals surface area contributed by atoms with E-state index in [9.17, 15) is 0 Å². The Bertz CT molecular complexity index is 265. The summed E-state index contributed by atoms with van der Waals surface area (Å²) in [5, 5.41) is 0. The summed E-state index contributed by atoms with van der Waals surface area (Å²) in [6.45, 7) is 6.72. The summed E-state index contributed by atoms with van der Waals surface area (Å²) < 4.78 is 0. The monoisotopic (exact) mass is 205 g/mol. The first kappa shape index (κ1) is 9.86. The van der Waals surface area contributed by atoms with Crippen molar-refractivity contribution in [1.29, 1.82) is 0 Å². The van der Waals surface area contributed by atoms with Crippen LogP contribution in [0.2, 0.25) is 0 Å². The molecule has 1 nitrogen and oxygen atoms in total. The molecule has 4 saturated carbocycles. The van der Waals surface area contributed by atoms with Crippen LogP contribution < -0.4 is 0 Å². The summed E-state index contributed by atoms with van der Waals surface area (Å²) in [5.74, 6) is 3.87. The second-order valence-electron chi connectivity index (χ2n) is 7.01. The first-order chi connectivity index (χ1) is 7.01. The van der Waals surface area contributed by atoms with E-state index in [0.29, 0.717) is 0 Å². The average molecular weight is 205 g/mol. The molecule has 0 aromatic heterocycles. The number of aliphatic imine (C=N–C) groups is 1. The van der Waals surface area contributed by atoms with Gasteiger partial charge in [-0.25, -0.2) is 0 Å². The van der Waals surface area contributed by atoms with Gasteiger partial charge in [0.2, 0.25) is 0 Å². The van der Waals surface area contributed by atoms with Gasteiger partial charge in [-0.05, 0) is 76.5 Å². The van der Waals surface area contributed by atoms with Crippen molar-refractivity contribution < 1.29 is 0 Å². The van der Waals surface area contributed by atoms with Crippen molar-refractivity contribution in [2.75, 3.05) is 0 Å². The molecule has 0 unspecified atom stereocenters. The largest absolute Gasteiger partial charge is 0.288 e. The Morgan fingerprint density at radius 3 is 1.73 bits per heavy atom. The quantitative estimate of drug-likeness (QED) is 0.572. The molecule has 0 aromatic carbocycles. The Hall–Kier alpha value is -0.330. The van der Waals surface area contributed by atoms with E-state index in [0.717, 1.165) is 23.7 Å². The second-order valence-corrected chi connectivity index (χ2v) is 7.01. The van der Waals surface area contributed by atoms with Crippen molar-refractivity contribution in [2.24, 2.45) is 28.7 Å². The summed E-state index contributed by atoms with van der Waals surface area (Å²) >= 11 is 0. The summed E-state index contributed by atoms with van der Waals surface area (Å²) in [5.41, 5.74) is 1.75. The van der Waals surface area contributed by atoms with Gasteiger partial charge in [0.15, 0.2) is 0 Å². The first-order valence-electron chi connectivity index (χ1n) is 6.61. The van der Waals surface area contributed by atoms with E-state index < -0.39 is 0 Å². The Balaban J connectivity index is 1.89. The van der Waals surface area contributed by atoms with Crippen LogP contribution in [0.1, 0.15) is 52.9 Å². The fourth-order valence-corrected chi connectivity index (χ4v) is 4.24. The molecule has 0 aromatic rings. The normalized spacial score (nSPS) is 43.5. The van der Waals surface area contributed by atoms with Crippen LogP contribution in [0.4, 0.5) is 0 Å². The van der Waals surface area contributed by atoms with Gasteiger partial charge in [0.05, 0.1) is 5.54 Å². The van der Waals surface area contributed by atoms with Gasteiger partial charge in [0.25, 0.3) is 0 Å². The van der Waals surface area contributed by atoms with Crippen molar-refractivity contribution in [1.82, 2.24) is 0 Å². The number of hydrogen-bond donors (Lipinski definition) is 0. The van der Waals surface area contributed by atoms with Crippen LogP contribution in [0, 0.1) is 23.7 Å². The van der Waals surface area contributed by atoms with E-state index in [1.54, 1.807) is 5.71 Å². The third-order valence-corrected chi connectivity index (χ3v) is 4.44. The zero-order chi connectivity index (χ0) is 10.6. The Labute approximate surface area is 93.4 Å². The van der Waals surface area contributed by atoms with E-state index in [4.69, 9.17) is 4.99 Å². The molecular weight excluding hydrogens is 182 g/mol. The lowest BCUT2D eigenvalue weighted by Gasteiger charge is -2.51. The fourth-order valence-electron chi connectivity index (χ4n) is 4.24. The lowest BCUT2D eigenvalue weighted by Crippen LogP contribution is -2.46. The van der Waals surface area contributed by atoms with E-state index in [-0.39, 0.29) is 5.54 Å². The van der Waals surface area contributed by atoms with E-state index in [2.05, 4.69) is 20.8 Å². The second kappa shape index (κ2) is 3.09. The van der Waals surface area contributed by atoms with Gasteiger partial charge >= 0.3 is 0 Å². The third kappa shape index (κ3) is 1.74. The molecule has 0 N–H and O–H groups in total. The van der Waals surface area contributed by atoms with Crippen LogP contribution in [0.5, 0.6) is 0 Å². The molecule has 4 rings (SSSR count). The van der Waals surface area contributed by atoms with Gasteiger partial charge in [-0.1, -0.05) is 0 Å². The highest BCUT2D eigenvalue weighted by Gasteiger charge is 2.46. The molecule has 4 fully saturated rings. The van der Waals surface area contributed by atoms with Crippen LogP contribution in [-0.4, -0.2) is 11.3 Å². The molecule has 0 heterocycles. The van der Waals surface area contributed by atoms with E-state index in [1.165, 1.54) is 32.1 Å². The average Bonchev–Trinajstić information content (AvgIpc) is 2.08. The Morgan fingerprint density at radius 2 is 1.33 bits per heavy atom. The summed E-state index contributed by atoms with van der Waals surface area (Å²) in [6, 6.07) is 0. The highest BCUT2D eigenvalue weighted by molar-refractivity contribution is 5.91. The fraction of sp³-hybridized carbons (Fsp3) is 0.929. The Morgan fingerprint density at radius 1 is 0.867 bits per heavy atom. The predicted molar refractivity (Wildman–Crippen MR) is 64.2 cm³/mol. The molecule has 4 aliphatic rings. The summed E-state index contributed by atoms with van der Waals surface area (Å²) in [7, 11) is 0. The van der Waals surface area contributed by atoms with Gasteiger partial charge in [-0.2, -0.15) is 0 Å². The van der Waals surface area contributed by atoms with Crippen molar-refractivity contribution in [3.63, 3.8) is 0 Å². The molecule has 0 radical (unpaired) electrons. The number of hydrogen-bond acceptors (Lipinski definition) is 1. The molecule has 15 heavy (non-hydrogen) atoms. The zero-order valence-corrected chi connectivity index (χ0v) is 10.3. The smallest absolute Gasteiger partial charge is 0.0523 e. The van der Waals surface area contributed by atoms with Gasteiger partial charge in [0.1, 0.15) is 0 Å². The molecule has 0 atom stereocenters. The van der Waals surface area contributed by atoms with Gasteiger partial charge < -0.3 is 0 Å². The highest BCUT2D eigenvalue weighted by Crippen LogP contribution is 2.52. The minimum atomic E-state index is 0.144. The zero-order valence-electron chi connectivity index (χ0n) is 10.3. The SMILES string of the molecule is CC(C)(C)N=C1C2CC3CC(C2)CC1C3. The maximum Gasteiger partial charge on any atom is 0.0523 e. The van der Waals surface area contributed by atoms with Crippen molar-refractivity contribution >= 4 is 5.71 Å². The minimum absolute atomic E-state index is 0.144. The molecule has 0 saturated heterocycles. The van der Waals surface area contributed by atoms with Gasteiger partial charge in [0, 0.05) is 5.71 Å². The van der Waals surface area contributed by atoms with Crippen molar-refractivity contribution in [2.45, 2.75) is 58.4 Å². The standard InChI is InChI=1S/C14H23N/c1-14(2,3)15-13-11-5-9-4-10(7-11)8-12(13)6-9/h9-12H,4-8H2,1-3H3. The molecule has 0 spiro atoms. The van der Waals surface area contributed by atoms with Crippen LogP contribution in [0.15, 0.2) is 4.99 Å². The van der Waals surface area contributed by atoms with Gasteiger partial charge in [-0.3, -0.25) is 4.99 Å². The predicted octanol–water partition coefficient (Wildman–Crippen LogP) is 3.68. The summed E-state index contributed by atoms with van der Waals surface area (Å²) in [4.78, 5) is 5.02. The molecule has 0 amide bonds. The highest BCUT2D eigenvalue weighted by atomic mass is 14.9. The maximum absolute atomic E-state index is 5.02. The van der Waals surface area contributed by atoms with Crippen LogP contribution in [-0.2, 0) is 0 Å². The molecular formula is C14H23N. The number of rotatable bonds is 0. The molecule has 0 aliphatic heterocycles. The van der Waals surface area contributed by atoms with Crippen molar-refractivity contribution in [3.05, 3.63) is 0 Å². The van der Waals surface area contributed by atoms with Crippen molar-refractivity contribution in [3.8, 4) is 0 Å². The van der Waals surface area contributed by atoms with Crippen LogP contribution in [0.25, 0.3) is 0 Å². The lowest BCUT2D eigenvalue weighted by atomic mass is 9.55. The Kier molecular flexibility index (Phi) is 2.03. The molecule has 1 heteroatoms. The molecule has 4 aliphatic carbocycles. The number of nitrogens with zero attached hydrogens (tertiary/aromatic N) is 1. The van der Waals surface area contributed by atoms with Gasteiger partial charge in [-0.15, -0.1) is 0 Å². The summed E-state index contributed by atoms with van der Waals surface area (Å²) in [6.07, 6.45) is 7.38. The topological polar surface area (TPSA) is 12.4 Å². The molecule has 84 valence electrons. The van der Waals surface area contributed by atoms with Crippen LogP contribution in [0.3, 0.4) is 0 Å².